The maximum Gasteiger partial charge on any atom is 0.0420 e. The highest BCUT2D eigenvalue weighted by Crippen LogP contribution is 2.12. The summed E-state index contributed by atoms with van der Waals surface area (Å²) in [5.74, 6) is 0. The van der Waals surface area contributed by atoms with E-state index in [1.165, 1.54) is 0 Å². The van der Waals surface area contributed by atoms with E-state index in [1.807, 2.05) is 12.1 Å². The van der Waals surface area contributed by atoms with Crippen molar-refractivity contribution in [1.82, 2.24) is 0 Å². The number of hydrogen-bond acceptors (Lipinski definition) is 0. The Labute approximate surface area is 58.9 Å². The third kappa shape index (κ3) is 1.35. The molecule has 0 saturated carbocycles. The van der Waals surface area contributed by atoms with Gasteiger partial charge >= 0.3 is 0 Å². The molecule has 1 radical (unpaired) electrons. The Balaban J connectivity index is 3.08. The lowest BCUT2D eigenvalue weighted by molar-refractivity contribution is 1.48. The van der Waals surface area contributed by atoms with Crippen LogP contribution >= 0.6 is 24.2 Å². The first-order valence-electron chi connectivity index (χ1n) is 2.21. The molecule has 0 spiro atoms. The van der Waals surface area contributed by atoms with Crippen molar-refractivity contribution in [3.05, 3.63) is 29.3 Å². The average Bonchev–Trinajstić information content (AvgIpc) is 1.64. The minimum Gasteiger partial charge on any atom is -0.0843 e. The van der Waals surface area contributed by atoms with E-state index in [-0.39, 0.29) is 0 Å². The van der Waals surface area contributed by atoms with E-state index >= 15 is 0 Å². The molecule has 0 atom stereocenters. The van der Waals surface area contributed by atoms with Gasteiger partial charge in [0.2, 0.25) is 0 Å². The Morgan fingerprint density at radius 2 is 2.12 bits per heavy atom. The quantitative estimate of drug-likeness (QED) is 0.524. The highest BCUT2D eigenvalue weighted by molar-refractivity contribution is 7.80. The van der Waals surface area contributed by atoms with Gasteiger partial charge in [0, 0.05) is 9.92 Å². The summed E-state index contributed by atoms with van der Waals surface area (Å²) in [7, 11) is 0. The summed E-state index contributed by atoms with van der Waals surface area (Å²) in [6, 6.07) is 7.22. The third-order valence-corrected chi connectivity index (χ3v) is 1.29. The van der Waals surface area contributed by atoms with Crippen LogP contribution in [0.4, 0.5) is 0 Å². The van der Waals surface area contributed by atoms with Crippen LogP contribution in [0.3, 0.4) is 0 Å². The zero-order valence-corrected chi connectivity index (χ0v) is 5.67. The summed E-state index contributed by atoms with van der Waals surface area (Å²) in [5.41, 5.74) is 0. The SMILES string of the molecule is [S]c1cccc(Cl)c1. The second-order valence-electron chi connectivity index (χ2n) is 1.46. The molecule has 8 heavy (non-hydrogen) atoms. The van der Waals surface area contributed by atoms with Gasteiger partial charge < -0.3 is 0 Å². The van der Waals surface area contributed by atoms with Gasteiger partial charge in [-0.2, -0.15) is 0 Å². The van der Waals surface area contributed by atoms with Crippen LogP contribution in [0.15, 0.2) is 29.2 Å². The molecule has 0 heterocycles. The van der Waals surface area contributed by atoms with Crippen molar-refractivity contribution in [2.45, 2.75) is 4.90 Å². The molecule has 0 fully saturated rings. The molecule has 1 aromatic carbocycles. The van der Waals surface area contributed by atoms with Gasteiger partial charge in [-0.1, -0.05) is 30.3 Å². The Hall–Kier alpha value is -0.270. The monoisotopic (exact) mass is 143 g/mol. The van der Waals surface area contributed by atoms with Crippen molar-refractivity contribution < 1.29 is 0 Å². The minimum atomic E-state index is 0.706. The van der Waals surface area contributed by atoms with Gasteiger partial charge in [-0.3, -0.25) is 0 Å². The van der Waals surface area contributed by atoms with Crippen molar-refractivity contribution in [2.24, 2.45) is 0 Å². The van der Waals surface area contributed by atoms with Gasteiger partial charge in [0.05, 0.1) is 0 Å². The number of benzene rings is 1. The van der Waals surface area contributed by atoms with Gasteiger partial charge in [0.25, 0.3) is 0 Å². The highest BCUT2D eigenvalue weighted by Gasteiger charge is 1.84. The fourth-order valence-corrected chi connectivity index (χ4v) is 0.928. The predicted octanol–water partition coefficient (Wildman–Crippen LogP) is 2.90. The Kier molecular flexibility index (Phi) is 1.71. The molecule has 41 valence electrons. The van der Waals surface area contributed by atoms with Gasteiger partial charge in [0.15, 0.2) is 0 Å². The summed E-state index contributed by atoms with van der Waals surface area (Å²) in [6.07, 6.45) is 0. The third-order valence-electron chi connectivity index (χ3n) is 0.796. The first-order valence-corrected chi connectivity index (χ1v) is 3.00. The van der Waals surface area contributed by atoms with Crippen LogP contribution in [0.5, 0.6) is 0 Å². The van der Waals surface area contributed by atoms with Gasteiger partial charge in [-0.15, -0.1) is 0 Å². The van der Waals surface area contributed by atoms with Gasteiger partial charge in [0.1, 0.15) is 0 Å². The summed E-state index contributed by atoms with van der Waals surface area (Å²) in [4.78, 5) is 0.789. The first kappa shape index (κ1) is 5.86. The van der Waals surface area contributed by atoms with E-state index in [1.54, 1.807) is 12.1 Å². The van der Waals surface area contributed by atoms with Crippen molar-refractivity contribution in [1.29, 1.82) is 0 Å². The molecule has 2 heteroatoms. The number of hydrogen-bond donors (Lipinski definition) is 0. The lowest BCUT2D eigenvalue weighted by Crippen LogP contribution is -1.62. The topological polar surface area (TPSA) is 0 Å². The molecule has 0 aliphatic rings. The van der Waals surface area contributed by atoms with Gasteiger partial charge in [-0.25, -0.2) is 0 Å². The van der Waals surface area contributed by atoms with Crippen molar-refractivity contribution in [3.63, 3.8) is 0 Å². The molecule has 0 saturated heterocycles. The largest absolute Gasteiger partial charge is 0.0843 e. The summed E-state index contributed by atoms with van der Waals surface area (Å²) in [5, 5.41) is 0.706. The number of halogens is 1. The number of rotatable bonds is 0. The van der Waals surface area contributed by atoms with E-state index in [0.29, 0.717) is 5.02 Å². The van der Waals surface area contributed by atoms with Crippen LogP contribution in [0.2, 0.25) is 5.02 Å². The second-order valence-corrected chi connectivity index (χ2v) is 2.37. The van der Waals surface area contributed by atoms with Crippen LogP contribution in [-0.4, -0.2) is 0 Å². The lowest BCUT2D eigenvalue weighted by Gasteiger charge is -1.86. The normalized spacial score (nSPS) is 9.12. The maximum absolute atomic E-state index is 5.58. The maximum atomic E-state index is 5.58. The molecule has 1 aromatic rings. The summed E-state index contributed by atoms with van der Waals surface area (Å²) < 4.78 is 0. The van der Waals surface area contributed by atoms with E-state index in [0.717, 1.165) is 4.90 Å². The van der Waals surface area contributed by atoms with Crippen molar-refractivity contribution in [2.75, 3.05) is 0 Å². The Bertz CT molecular complexity index is 168. The predicted molar refractivity (Wildman–Crippen MR) is 37.3 cm³/mol. The molecule has 0 aliphatic heterocycles. The zero-order valence-electron chi connectivity index (χ0n) is 4.10. The molecule has 0 nitrogen and oxygen atoms in total. The molecule has 0 aliphatic carbocycles. The van der Waals surface area contributed by atoms with E-state index in [9.17, 15) is 0 Å². The van der Waals surface area contributed by atoms with Crippen molar-refractivity contribution in [3.8, 4) is 0 Å². The summed E-state index contributed by atoms with van der Waals surface area (Å²) >= 11 is 10.4. The lowest BCUT2D eigenvalue weighted by atomic mass is 10.4. The fraction of sp³-hybridized carbons (Fsp3) is 0. The van der Waals surface area contributed by atoms with Crippen molar-refractivity contribution >= 4 is 24.2 Å². The molecule has 0 aromatic heterocycles. The van der Waals surface area contributed by atoms with Gasteiger partial charge in [-0.05, 0) is 18.2 Å². The van der Waals surface area contributed by atoms with E-state index < -0.39 is 0 Å². The Morgan fingerprint density at radius 3 is 2.50 bits per heavy atom. The molecule has 0 unspecified atom stereocenters. The molecule has 1 rings (SSSR count). The highest BCUT2D eigenvalue weighted by atomic mass is 35.5. The molecule has 0 bridgehead atoms. The standard InChI is InChI=1S/C6H4ClS/c7-5-2-1-3-6(8)4-5/h1-4H. The molecule has 0 N–H and O–H groups in total. The van der Waals surface area contributed by atoms with E-state index in [2.05, 4.69) is 0 Å². The van der Waals surface area contributed by atoms with Crippen LogP contribution in [0.1, 0.15) is 0 Å². The average molecular weight is 144 g/mol. The van der Waals surface area contributed by atoms with Crippen LogP contribution in [0, 0.1) is 0 Å². The first-order chi connectivity index (χ1) is 3.79. The smallest absolute Gasteiger partial charge is 0.0420 e. The molecular weight excluding hydrogens is 140 g/mol. The fourth-order valence-electron chi connectivity index (χ4n) is 0.467. The second kappa shape index (κ2) is 2.33. The minimum absolute atomic E-state index is 0.706. The molecular formula is C6H4ClS. The van der Waals surface area contributed by atoms with Crippen LogP contribution < -0.4 is 0 Å². The zero-order chi connectivity index (χ0) is 5.98. The van der Waals surface area contributed by atoms with Crippen LogP contribution in [-0.2, 0) is 0 Å². The molecule has 0 amide bonds. The van der Waals surface area contributed by atoms with Crippen LogP contribution in [0.25, 0.3) is 0 Å². The summed E-state index contributed by atoms with van der Waals surface area (Å²) in [6.45, 7) is 0. The van der Waals surface area contributed by atoms with E-state index in [4.69, 9.17) is 24.2 Å². The Morgan fingerprint density at radius 1 is 1.38 bits per heavy atom.